The number of hydrogen-bond donors (Lipinski definition) is 2. The second-order valence-corrected chi connectivity index (χ2v) is 5.81. The lowest BCUT2D eigenvalue weighted by molar-refractivity contribution is -0.131. The minimum absolute atomic E-state index is 0.280. The molecule has 2 aromatic rings. The molecule has 2 rings (SSSR count). The summed E-state index contributed by atoms with van der Waals surface area (Å²) < 4.78 is 16.3. The Balaban J connectivity index is 1.72. The van der Waals surface area contributed by atoms with E-state index in [0.29, 0.717) is 28.9 Å². The van der Waals surface area contributed by atoms with Crippen molar-refractivity contribution in [2.24, 2.45) is 0 Å². The van der Waals surface area contributed by atoms with Crippen molar-refractivity contribution in [1.82, 2.24) is 10.9 Å². The van der Waals surface area contributed by atoms with Crippen LogP contribution < -0.4 is 25.1 Å². The first-order valence-corrected chi connectivity index (χ1v) is 8.77. The Kier molecular flexibility index (Phi) is 8.25. The maximum Gasteiger partial charge on any atom is 0.276 e. The van der Waals surface area contributed by atoms with E-state index in [2.05, 4.69) is 10.9 Å². The Labute approximate surface area is 162 Å². The number of hydrogen-bond acceptors (Lipinski definition) is 5. The van der Waals surface area contributed by atoms with Crippen LogP contribution in [-0.2, 0) is 9.59 Å². The number of para-hydroxylation sites is 3. The van der Waals surface area contributed by atoms with Crippen molar-refractivity contribution in [3.63, 3.8) is 0 Å². The van der Waals surface area contributed by atoms with Crippen molar-refractivity contribution in [3.8, 4) is 17.2 Å². The molecule has 0 radical (unpaired) electrons. The smallest absolute Gasteiger partial charge is 0.276 e. The van der Waals surface area contributed by atoms with Gasteiger partial charge < -0.3 is 14.2 Å². The van der Waals surface area contributed by atoms with Crippen molar-refractivity contribution >= 4 is 23.4 Å². The zero-order valence-corrected chi connectivity index (χ0v) is 15.6. The number of amides is 2. The highest BCUT2D eigenvalue weighted by Gasteiger charge is 2.10. The van der Waals surface area contributed by atoms with Gasteiger partial charge in [-0.3, -0.25) is 20.4 Å². The molecule has 0 saturated heterocycles. The van der Waals surface area contributed by atoms with E-state index in [9.17, 15) is 9.59 Å². The molecule has 0 aliphatic rings. The van der Waals surface area contributed by atoms with Gasteiger partial charge in [-0.2, -0.15) is 0 Å². The number of rotatable bonds is 9. The van der Waals surface area contributed by atoms with Gasteiger partial charge in [0.1, 0.15) is 5.75 Å². The molecule has 0 bridgehead atoms. The number of carbonyl (C=O) groups is 2. The van der Waals surface area contributed by atoms with Gasteiger partial charge in [-0.05, 0) is 30.7 Å². The first-order valence-electron chi connectivity index (χ1n) is 8.39. The predicted molar refractivity (Wildman–Crippen MR) is 101 cm³/mol. The molecule has 2 aromatic carbocycles. The second kappa shape index (κ2) is 10.9. The van der Waals surface area contributed by atoms with Gasteiger partial charge in [-0.25, -0.2) is 0 Å². The van der Waals surface area contributed by atoms with E-state index in [-0.39, 0.29) is 13.2 Å². The SMILES string of the molecule is CCCOc1ccccc1OCC(=O)NNC(=O)COc1ccccc1Cl. The zero-order valence-electron chi connectivity index (χ0n) is 14.9. The topological polar surface area (TPSA) is 85.9 Å². The van der Waals surface area contributed by atoms with E-state index in [1.165, 1.54) is 0 Å². The first kappa shape index (κ1) is 20.4. The van der Waals surface area contributed by atoms with Crippen LogP contribution >= 0.6 is 11.6 Å². The van der Waals surface area contributed by atoms with E-state index < -0.39 is 11.8 Å². The molecule has 0 fully saturated rings. The number of carbonyl (C=O) groups excluding carboxylic acids is 2. The fraction of sp³-hybridized carbons (Fsp3) is 0.263. The molecular formula is C19H21ClN2O5. The average molecular weight is 393 g/mol. The van der Waals surface area contributed by atoms with Crippen molar-refractivity contribution in [3.05, 3.63) is 53.6 Å². The average Bonchev–Trinajstić information content (AvgIpc) is 2.69. The summed E-state index contributed by atoms with van der Waals surface area (Å²) in [5, 5.41) is 0.395. The quantitative estimate of drug-likeness (QED) is 0.641. The molecule has 0 heterocycles. The van der Waals surface area contributed by atoms with Crippen molar-refractivity contribution < 1.29 is 23.8 Å². The largest absolute Gasteiger partial charge is 0.490 e. The molecule has 7 nitrogen and oxygen atoms in total. The lowest BCUT2D eigenvalue weighted by Crippen LogP contribution is -2.45. The van der Waals surface area contributed by atoms with Crippen molar-refractivity contribution in [2.45, 2.75) is 13.3 Å². The fourth-order valence-electron chi connectivity index (χ4n) is 1.96. The van der Waals surface area contributed by atoms with Crippen LogP contribution in [0.15, 0.2) is 48.5 Å². The van der Waals surface area contributed by atoms with Crippen molar-refractivity contribution in [2.75, 3.05) is 19.8 Å². The van der Waals surface area contributed by atoms with Crippen LogP contribution in [0, 0.1) is 0 Å². The van der Waals surface area contributed by atoms with Gasteiger partial charge in [0, 0.05) is 0 Å². The Bertz CT molecular complexity index is 769. The Morgan fingerprint density at radius 2 is 1.30 bits per heavy atom. The molecular weight excluding hydrogens is 372 g/mol. The van der Waals surface area contributed by atoms with Gasteiger partial charge in [0.2, 0.25) is 0 Å². The lowest BCUT2D eigenvalue weighted by atomic mass is 10.3. The first-order chi connectivity index (χ1) is 13.1. The minimum atomic E-state index is -0.532. The third-order valence-electron chi connectivity index (χ3n) is 3.21. The molecule has 8 heteroatoms. The second-order valence-electron chi connectivity index (χ2n) is 5.40. The maximum atomic E-state index is 11.8. The number of halogens is 1. The number of benzene rings is 2. The lowest BCUT2D eigenvalue weighted by Gasteiger charge is -2.12. The molecule has 0 saturated carbocycles. The van der Waals surface area contributed by atoms with Crippen LogP contribution in [0.2, 0.25) is 5.02 Å². The summed E-state index contributed by atoms with van der Waals surface area (Å²) in [6, 6.07) is 13.8. The predicted octanol–water partition coefficient (Wildman–Crippen LogP) is 2.73. The minimum Gasteiger partial charge on any atom is -0.490 e. The highest BCUT2D eigenvalue weighted by molar-refractivity contribution is 6.32. The monoisotopic (exact) mass is 392 g/mol. The Morgan fingerprint density at radius 1 is 0.815 bits per heavy atom. The summed E-state index contributed by atoms with van der Waals surface area (Å²) in [5.41, 5.74) is 4.49. The van der Waals surface area contributed by atoms with Crippen molar-refractivity contribution in [1.29, 1.82) is 0 Å². The molecule has 144 valence electrons. The molecule has 2 N–H and O–H groups in total. The Hall–Kier alpha value is -2.93. The van der Waals surface area contributed by atoms with Gasteiger partial charge in [-0.15, -0.1) is 0 Å². The van der Waals surface area contributed by atoms with Crippen LogP contribution in [0.1, 0.15) is 13.3 Å². The fourth-order valence-corrected chi connectivity index (χ4v) is 2.15. The van der Waals surface area contributed by atoms with Gasteiger partial charge in [0.15, 0.2) is 24.7 Å². The summed E-state index contributed by atoms with van der Waals surface area (Å²) in [6.07, 6.45) is 0.858. The van der Waals surface area contributed by atoms with E-state index in [0.717, 1.165) is 6.42 Å². The molecule has 0 spiro atoms. The number of ether oxygens (including phenoxy) is 3. The summed E-state index contributed by atoms with van der Waals surface area (Å²) in [5.74, 6) is 0.341. The van der Waals surface area contributed by atoms with Gasteiger partial charge in [-0.1, -0.05) is 42.8 Å². The summed E-state index contributed by atoms with van der Waals surface area (Å²) >= 11 is 5.93. The highest BCUT2D eigenvalue weighted by Crippen LogP contribution is 2.26. The number of hydrazine groups is 1. The van der Waals surface area contributed by atoms with E-state index >= 15 is 0 Å². The molecule has 0 atom stereocenters. The highest BCUT2D eigenvalue weighted by atomic mass is 35.5. The zero-order chi connectivity index (χ0) is 19.5. The maximum absolute atomic E-state index is 11.8. The van der Waals surface area contributed by atoms with Gasteiger partial charge in [0.25, 0.3) is 11.8 Å². The molecule has 0 aliphatic heterocycles. The molecule has 0 unspecified atom stereocenters. The third kappa shape index (κ3) is 7.07. The summed E-state index contributed by atoms with van der Waals surface area (Å²) in [4.78, 5) is 23.5. The molecule has 27 heavy (non-hydrogen) atoms. The third-order valence-corrected chi connectivity index (χ3v) is 3.52. The normalized spacial score (nSPS) is 10.0. The summed E-state index contributed by atoms with van der Waals surface area (Å²) in [6.45, 7) is 1.97. The van der Waals surface area contributed by atoms with Crippen LogP contribution in [0.25, 0.3) is 0 Å². The number of nitrogens with one attached hydrogen (secondary N) is 2. The van der Waals surface area contributed by atoms with Crippen LogP contribution in [0.5, 0.6) is 17.2 Å². The molecule has 0 aliphatic carbocycles. The van der Waals surface area contributed by atoms with Crippen LogP contribution in [0.3, 0.4) is 0 Å². The van der Waals surface area contributed by atoms with E-state index in [4.69, 9.17) is 25.8 Å². The molecule has 2 amide bonds. The molecule has 0 aromatic heterocycles. The summed E-state index contributed by atoms with van der Waals surface area (Å²) in [7, 11) is 0. The van der Waals surface area contributed by atoms with E-state index in [1.807, 2.05) is 13.0 Å². The standard InChI is InChI=1S/C19H21ClN2O5/c1-2-11-25-16-9-5-6-10-17(16)27-13-19(24)22-21-18(23)12-26-15-8-4-3-7-14(15)20/h3-10H,2,11-13H2,1H3,(H,21,23)(H,22,24). The van der Waals surface area contributed by atoms with E-state index in [1.54, 1.807) is 42.5 Å². The van der Waals surface area contributed by atoms with Crippen LogP contribution in [-0.4, -0.2) is 31.6 Å². The Morgan fingerprint density at radius 3 is 1.85 bits per heavy atom. The van der Waals surface area contributed by atoms with Gasteiger partial charge in [0.05, 0.1) is 11.6 Å². The van der Waals surface area contributed by atoms with Gasteiger partial charge >= 0.3 is 0 Å². The van der Waals surface area contributed by atoms with Crippen LogP contribution in [0.4, 0.5) is 0 Å².